The molecule has 2 fully saturated rings. The zero-order valence-electron chi connectivity index (χ0n) is 17.0. The van der Waals surface area contributed by atoms with E-state index in [1.54, 1.807) is 4.90 Å². The van der Waals surface area contributed by atoms with Crippen molar-refractivity contribution in [3.8, 4) is 11.3 Å². The number of ether oxygens (including phenoxy) is 1. The third-order valence-corrected chi connectivity index (χ3v) is 5.34. The highest BCUT2D eigenvalue weighted by molar-refractivity contribution is 5.77. The summed E-state index contributed by atoms with van der Waals surface area (Å²) >= 11 is 0. The number of likely N-dealkylation sites (tertiary alicyclic amines) is 1. The van der Waals surface area contributed by atoms with Gasteiger partial charge in [0, 0.05) is 30.8 Å². The third-order valence-electron chi connectivity index (χ3n) is 5.34. The van der Waals surface area contributed by atoms with Crippen LogP contribution >= 0.6 is 0 Å². The number of rotatable bonds is 3. The monoisotopic (exact) mass is 391 g/mol. The van der Waals surface area contributed by atoms with Crippen LogP contribution in [0.4, 0.5) is 4.79 Å². The summed E-state index contributed by atoms with van der Waals surface area (Å²) in [5.74, 6) is 0.501. The van der Waals surface area contributed by atoms with Crippen molar-refractivity contribution < 1.29 is 9.53 Å². The summed E-state index contributed by atoms with van der Waals surface area (Å²) in [6, 6.07) is 8.07. The van der Waals surface area contributed by atoms with Gasteiger partial charge in [0.15, 0.2) is 0 Å². The Kier molecular flexibility index (Phi) is 4.08. The molecule has 1 saturated carbocycles. The Morgan fingerprint density at radius 1 is 1.14 bits per heavy atom. The van der Waals surface area contributed by atoms with Crippen LogP contribution < -0.4 is 0 Å². The van der Waals surface area contributed by atoms with Crippen molar-refractivity contribution in [3.63, 3.8) is 0 Å². The van der Waals surface area contributed by atoms with Crippen molar-refractivity contribution >= 4 is 17.1 Å². The molecule has 7 nitrogen and oxygen atoms in total. The molecule has 0 radical (unpaired) electrons. The van der Waals surface area contributed by atoms with Crippen LogP contribution in [0.15, 0.2) is 36.7 Å². The van der Waals surface area contributed by atoms with E-state index in [0.717, 1.165) is 28.0 Å². The molecule has 3 heterocycles. The van der Waals surface area contributed by atoms with E-state index in [4.69, 9.17) is 14.8 Å². The first-order valence-corrected chi connectivity index (χ1v) is 10.2. The van der Waals surface area contributed by atoms with Gasteiger partial charge in [0.1, 0.15) is 5.60 Å². The van der Waals surface area contributed by atoms with Gasteiger partial charge in [-0.3, -0.25) is 9.67 Å². The Balaban J connectivity index is 1.38. The minimum absolute atomic E-state index is 0.169. The molecular weight excluding hydrogens is 366 g/mol. The van der Waals surface area contributed by atoms with Crippen molar-refractivity contribution in [2.75, 3.05) is 13.1 Å². The Morgan fingerprint density at radius 3 is 2.55 bits per heavy atom. The summed E-state index contributed by atoms with van der Waals surface area (Å²) in [7, 11) is 0. The number of benzene rings is 1. The highest BCUT2D eigenvalue weighted by atomic mass is 16.6. The van der Waals surface area contributed by atoms with E-state index in [1.807, 2.05) is 55.9 Å². The van der Waals surface area contributed by atoms with Gasteiger partial charge in [-0.1, -0.05) is 12.1 Å². The van der Waals surface area contributed by atoms with Gasteiger partial charge in [-0.15, -0.1) is 0 Å². The molecule has 1 saturated heterocycles. The number of carbonyl (C=O) groups excluding carboxylic acids is 1. The lowest BCUT2D eigenvalue weighted by molar-refractivity contribution is -0.000422. The molecule has 150 valence electrons. The van der Waals surface area contributed by atoms with Crippen molar-refractivity contribution in [2.45, 2.75) is 51.2 Å². The third kappa shape index (κ3) is 3.57. The van der Waals surface area contributed by atoms with E-state index >= 15 is 0 Å². The smallest absolute Gasteiger partial charge is 0.410 e. The number of fused-ring (bicyclic) bond motifs is 1. The summed E-state index contributed by atoms with van der Waals surface area (Å²) in [4.78, 5) is 23.3. The summed E-state index contributed by atoms with van der Waals surface area (Å²) in [6.45, 7) is 6.88. The lowest BCUT2D eigenvalue weighted by atomic mass is 10.1. The predicted molar refractivity (Wildman–Crippen MR) is 110 cm³/mol. The van der Waals surface area contributed by atoms with Gasteiger partial charge >= 0.3 is 6.09 Å². The molecule has 0 spiro atoms. The van der Waals surface area contributed by atoms with Gasteiger partial charge in [-0.05, 0) is 45.7 Å². The largest absolute Gasteiger partial charge is 0.444 e. The fourth-order valence-electron chi connectivity index (χ4n) is 3.63. The molecule has 1 aliphatic carbocycles. The first-order valence-electron chi connectivity index (χ1n) is 10.2. The Labute approximate surface area is 169 Å². The second-order valence-corrected chi connectivity index (χ2v) is 8.97. The van der Waals surface area contributed by atoms with Crippen LogP contribution in [0, 0.1) is 0 Å². The summed E-state index contributed by atoms with van der Waals surface area (Å²) < 4.78 is 7.45. The summed E-state index contributed by atoms with van der Waals surface area (Å²) in [5.41, 5.74) is 4.32. The number of hydrogen-bond donors (Lipinski definition) is 0. The molecule has 0 N–H and O–H groups in total. The van der Waals surface area contributed by atoms with E-state index < -0.39 is 5.60 Å². The maximum absolute atomic E-state index is 12.2. The molecule has 0 atom stereocenters. The second-order valence-electron chi connectivity index (χ2n) is 8.97. The van der Waals surface area contributed by atoms with Crippen LogP contribution in [-0.2, 0) is 4.74 Å². The van der Waals surface area contributed by atoms with Crippen molar-refractivity contribution in [1.82, 2.24) is 24.6 Å². The van der Waals surface area contributed by atoms with Crippen LogP contribution in [0.25, 0.3) is 22.3 Å². The Morgan fingerprint density at radius 2 is 1.86 bits per heavy atom. The van der Waals surface area contributed by atoms with Crippen LogP contribution in [0.5, 0.6) is 0 Å². The van der Waals surface area contributed by atoms with Crippen LogP contribution in [-0.4, -0.2) is 49.4 Å². The standard InChI is InChI=1S/C22H25N5O2/c1-22(2,3)29-21(28)26-11-15(12-26)27-13-16(20(25-27)14-8-9-14)19-10-23-17-6-4-5-7-18(17)24-19/h4-7,10,13-15H,8-9,11-12H2,1-3H3. The fourth-order valence-corrected chi connectivity index (χ4v) is 3.63. The molecule has 2 aliphatic rings. The van der Waals surface area contributed by atoms with Gasteiger partial charge < -0.3 is 9.64 Å². The molecule has 29 heavy (non-hydrogen) atoms. The SMILES string of the molecule is CC(C)(C)OC(=O)N1CC(n2cc(-c3cnc4ccccc4n3)c(C3CC3)n2)C1. The number of amides is 1. The maximum Gasteiger partial charge on any atom is 0.410 e. The Hall–Kier alpha value is -2.96. The highest BCUT2D eigenvalue weighted by Crippen LogP contribution is 2.44. The normalized spacial score (nSPS) is 17.4. The molecule has 0 bridgehead atoms. The lowest BCUT2D eigenvalue weighted by Gasteiger charge is -2.39. The number of para-hydroxylation sites is 2. The molecular formula is C22H25N5O2. The number of carbonyl (C=O) groups is 1. The van der Waals surface area contributed by atoms with E-state index in [2.05, 4.69) is 11.2 Å². The fraction of sp³-hybridized carbons (Fsp3) is 0.455. The molecule has 5 rings (SSSR count). The lowest BCUT2D eigenvalue weighted by Crippen LogP contribution is -2.52. The average Bonchev–Trinajstić information content (AvgIpc) is 3.38. The van der Waals surface area contributed by atoms with Crippen molar-refractivity contribution in [2.24, 2.45) is 0 Å². The molecule has 2 aromatic heterocycles. The second kappa shape index (κ2) is 6.54. The van der Waals surface area contributed by atoms with E-state index in [-0.39, 0.29) is 12.1 Å². The molecule has 1 aromatic carbocycles. The first-order chi connectivity index (χ1) is 13.9. The first kappa shape index (κ1) is 18.1. The van der Waals surface area contributed by atoms with Crippen molar-refractivity contribution in [1.29, 1.82) is 0 Å². The summed E-state index contributed by atoms with van der Waals surface area (Å²) in [6.07, 6.45) is 5.98. The van der Waals surface area contributed by atoms with Crippen LogP contribution in [0.2, 0.25) is 0 Å². The van der Waals surface area contributed by atoms with Gasteiger partial charge in [0.25, 0.3) is 0 Å². The Bertz CT molecular complexity index is 1070. The molecule has 7 heteroatoms. The van der Waals surface area contributed by atoms with Crippen LogP contribution in [0.1, 0.15) is 51.3 Å². The van der Waals surface area contributed by atoms with Gasteiger partial charge in [-0.25, -0.2) is 9.78 Å². The maximum atomic E-state index is 12.2. The zero-order chi connectivity index (χ0) is 20.2. The average molecular weight is 391 g/mol. The summed E-state index contributed by atoms with van der Waals surface area (Å²) in [5, 5.41) is 4.89. The number of aromatic nitrogens is 4. The van der Waals surface area contributed by atoms with E-state index in [0.29, 0.717) is 19.0 Å². The van der Waals surface area contributed by atoms with Gasteiger partial charge in [0.2, 0.25) is 0 Å². The predicted octanol–water partition coefficient (Wildman–Crippen LogP) is 4.16. The van der Waals surface area contributed by atoms with Crippen LogP contribution in [0.3, 0.4) is 0 Å². The zero-order valence-corrected chi connectivity index (χ0v) is 17.0. The van der Waals surface area contributed by atoms with Gasteiger partial charge in [0.05, 0.1) is 34.7 Å². The number of nitrogens with zero attached hydrogens (tertiary/aromatic N) is 5. The molecule has 1 amide bonds. The van der Waals surface area contributed by atoms with Gasteiger partial charge in [-0.2, -0.15) is 5.10 Å². The minimum atomic E-state index is -0.477. The molecule has 3 aromatic rings. The minimum Gasteiger partial charge on any atom is -0.444 e. The quantitative estimate of drug-likeness (QED) is 0.670. The highest BCUT2D eigenvalue weighted by Gasteiger charge is 2.37. The topological polar surface area (TPSA) is 73.1 Å². The molecule has 1 aliphatic heterocycles. The van der Waals surface area contributed by atoms with E-state index in [9.17, 15) is 4.79 Å². The number of hydrogen-bond acceptors (Lipinski definition) is 5. The van der Waals surface area contributed by atoms with E-state index in [1.165, 1.54) is 12.8 Å². The van der Waals surface area contributed by atoms with Crippen molar-refractivity contribution in [3.05, 3.63) is 42.4 Å². The molecule has 0 unspecified atom stereocenters.